The van der Waals surface area contributed by atoms with E-state index >= 15 is 0 Å². The minimum absolute atomic E-state index is 0.193. The number of hydrogen-bond acceptors (Lipinski definition) is 4. The van der Waals surface area contributed by atoms with Crippen molar-refractivity contribution < 1.29 is 24.0 Å². The van der Waals surface area contributed by atoms with Gasteiger partial charge in [0.2, 0.25) is 5.91 Å². The number of carbonyl (C=O) groups excluding carboxylic acids is 1. The lowest BCUT2D eigenvalue weighted by atomic mass is 9.95. The van der Waals surface area contributed by atoms with E-state index in [1.807, 2.05) is 0 Å². The molecule has 2 N–H and O–H groups in total. The number of nitro groups is 1. The highest BCUT2D eigenvalue weighted by Gasteiger charge is 2.37. The number of amides is 1. The van der Waals surface area contributed by atoms with Crippen molar-refractivity contribution in [3.63, 3.8) is 0 Å². The second-order valence-electron chi connectivity index (χ2n) is 4.89. The zero-order valence-electron chi connectivity index (χ0n) is 10.9. The maximum atomic E-state index is 13.7. The number of nitrogens with one attached hydrogen (secondary N) is 1. The van der Waals surface area contributed by atoms with Crippen LogP contribution in [0.25, 0.3) is 0 Å². The molecule has 1 amide bonds. The lowest BCUT2D eigenvalue weighted by Crippen LogP contribution is -2.30. The Labute approximate surface area is 118 Å². The molecule has 0 spiro atoms. The smallest absolute Gasteiger partial charge is 0.307 e. The Balaban J connectivity index is 2.13. The summed E-state index contributed by atoms with van der Waals surface area (Å²) in [5, 5.41) is 21.8. The number of non-ortho nitro benzene ring substituents is 1. The zero-order chi connectivity index (χ0) is 15.6. The van der Waals surface area contributed by atoms with Gasteiger partial charge in [-0.15, -0.1) is 0 Å². The molecule has 0 aromatic heterocycles. The molecule has 0 aliphatic heterocycles. The van der Waals surface area contributed by atoms with Crippen molar-refractivity contribution >= 4 is 23.3 Å². The highest BCUT2D eigenvalue weighted by Crippen LogP contribution is 2.33. The molecule has 0 radical (unpaired) electrons. The number of carbonyl (C=O) groups is 2. The van der Waals surface area contributed by atoms with Crippen molar-refractivity contribution in [2.24, 2.45) is 11.8 Å². The van der Waals surface area contributed by atoms with Crippen LogP contribution in [0.4, 0.5) is 15.8 Å². The molecule has 112 valence electrons. The average Bonchev–Trinajstić information content (AvgIpc) is 2.90. The van der Waals surface area contributed by atoms with Gasteiger partial charge in [-0.3, -0.25) is 19.7 Å². The van der Waals surface area contributed by atoms with Crippen LogP contribution in [0.5, 0.6) is 0 Å². The second-order valence-corrected chi connectivity index (χ2v) is 4.89. The van der Waals surface area contributed by atoms with Crippen molar-refractivity contribution in [1.82, 2.24) is 0 Å². The molecular weight excluding hydrogens is 283 g/mol. The normalized spacial score (nSPS) is 21.0. The summed E-state index contributed by atoms with van der Waals surface area (Å²) in [5.74, 6) is -4.03. The molecule has 0 bridgehead atoms. The molecule has 1 fully saturated rings. The first-order valence-corrected chi connectivity index (χ1v) is 6.37. The third kappa shape index (κ3) is 3.15. The molecule has 1 aliphatic rings. The molecule has 2 atom stereocenters. The van der Waals surface area contributed by atoms with Gasteiger partial charge in [-0.1, -0.05) is 6.42 Å². The van der Waals surface area contributed by atoms with Crippen LogP contribution in [-0.4, -0.2) is 21.9 Å². The van der Waals surface area contributed by atoms with E-state index in [4.69, 9.17) is 5.11 Å². The fourth-order valence-electron chi connectivity index (χ4n) is 2.51. The lowest BCUT2D eigenvalue weighted by Gasteiger charge is -2.15. The number of carboxylic acid groups (broad SMARTS) is 1. The van der Waals surface area contributed by atoms with Crippen molar-refractivity contribution in [3.05, 3.63) is 34.1 Å². The summed E-state index contributed by atoms with van der Waals surface area (Å²) in [6.07, 6.45) is 1.46. The number of rotatable bonds is 4. The molecule has 0 heterocycles. The molecule has 1 aromatic carbocycles. The van der Waals surface area contributed by atoms with Crippen LogP contribution in [0.1, 0.15) is 19.3 Å². The van der Waals surface area contributed by atoms with Gasteiger partial charge in [0.1, 0.15) is 0 Å². The Hall–Kier alpha value is -2.51. The number of hydrogen-bond donors (Lipinski definition) is 2. The first-order chi connectivity index (χ1) is 9.90. The van der Waals surface area contributed by atoms with Gasteiger partial charge in [-0.25, -0.2) is 4.39 Å². The maximum absolute atomic E-state index is 13.7. The number of nitro benzene ring substituents is 1. The molecule has 21 heavy (non-hydrogen) atoms. The predicted octanol–water partition coefficient (Wildman–Crippen LogP) is 2.17. The van der Waals surface area contributed by atoms with Crippen molar-refractivity contribution in [1.29, 1.82) is 0 Å². The van der Waals surface area contributed by atoms with Gasteiger partial charge in [0, 0.05) is 6.07 Å². The number of anilines is 1. The Morgan fingerprint density at radius 3 is 2.57 bits per heavy atom. The van der Waals surface area contributed by atoms with Gasteiger partial charge in [0.25, 0.3) is 5.69 Å². The molecule has 1 saturated carbocycles. The molecule has 0 saturated heterocycles. The number of nitrogens with zero attached hydrogens (tertiary/aromatic N) is 1. The van der Waals surface area contributed by atoms with E-state index in [9.17, 15) is 24.1 Å². The van der Waals surface area contributed by atoms with Crippen LogP contribution >= 0.6 is 0 Å². The second kappa shape index (κ2) is 5.86. The summed E-state index contributed by atoms with van der Waals surface area (Å²) in [4.78, 5) is 32.8. The number of aliphatic carboxylic acids is 1. The Bertz CT molecular complexity index is 604. The third-order valence-corrected chi connectivity index (χ3v) is 3.59. The minimum Gasteiger partial charge on any atom is -0.481 e. The van der Waals surface area contributed by atoms with E-state index in [-0.39, 0.29) is 5.69 Å². The Morgan fingerprint density at radius 2 is 2.00 bits per heavy atom. The van der Waals surface area contributed by atoms with E-state index in [2.05, 4.69) is 5.32 Å². The van der Waals surface area contributed by atoms with Crippen molar-refractivity contribution in [2.75, 3.05) is 5.32 Å². The highest BCUT2D eigenvalue weighted by molar-refractivity contribution is 5.95. The predicted molar refractivity (Wildman–Crippen MR) is 70.2 cm³/mol. The van der Waals surface area contributed by atoms with Gasteiger partial charge in [0.05, 0.1) is 28.5 Å². The van der Waals surface area contributed by atoms with Gasteiger partial charge in [-0.2, -0.15) is 0 Å². The van der Waals surface area contributed by atoms with Gasteiger partial charge in [0.15, 0.2) is 5.82 Å². The van der Waals surface area contributed by atoms with Crippen LogP contribution in [0.15, 0.2) is 18.2 Å². The molecular formula is C13H13FN2O5. The quantitative estimate of drug-likeness (QED) is 0.653. The van der Waals surface area contributed by atoms with E-state index in [0.29, 0.717) is 25.3 Å². The minimum atomic E-state index is -1.04. The Kier molecular flexibility index (Phi) is 4.15. The van der Waals surface area contributed by atoms with Gasteiger partial charge < -0.3 is 10.4 Å². The van der Waals surface area contributed by atoms with E-state index in [1.165, 1.54) is 0 Å². The molecule has 1 aromatic rings. The summed E-state index contributed by atoms with van der Waals surface area (Å²) < 4.78 is 13.7. The summed E-state index contributed by atoms with van der Waals surface area (Å²) in [6.45, 7) is 0. The summed E-state index contributed by atoms with van der Waals surface area (Å²) >= 11 is 0. The first-order valence-electron chi connectivity index (χ1n) is 6.37. The first kappa shape index (κ1) is 14.9. The summed E-state index contributed by atoms with van der Waals surface area (Å²) in [7, 11) is 0. The standard InChI is InChI=1S/C13H13FN2O5/c14-10-6-7(16(20)21)4-5-11(10)15-12(17)8-2-1-3-9(8)13(18)19/h4-6,8-9H,1-3H2,(H,15,17)(H,18,19). The fraction of sp³-hybridized carbons (Fsp3) is 0.385. The van der Waals surface area contributed by atoms with E-state index in [1.54, 1.807) is 0 Å². The number of benzene rings is 1. The van der Waals surface area contributed by atoms with Crippen LogP contribution in [-0.2, 0) is 9.59 Å². The number of carboxylic acids is 1. The van der Waals surface area contributed by atoms with E-state index in [0.717, 1.165) is 12.1 Å². The molecule has 8 heteroatoms. The SMILES string of the molecule is O=C(O)C1CCCC1C(=O)Nc1ccc([N+](=O)[O-])cc1F. The number of halogens is 1. The van der Waals surface area contributed by atoms with Crippen LogP contribution in [0.2, 0.25) is 0 Å². The van der Waals surface area contributed by atoms with Crippen LogP contribution < -0.4 is 5.32 Å². The lowest BCUT2D eigenvalue weighted by molar-refractivity contribution is -0.385. The molecule has 1 aliphatic carbocycles. The highest BCUT2D eigenvalue weighted by atomic mass is 19.1. The Morgan fingerprint density at radius 1 is 1.33 bits per heavy atom. The van der Waals surface area contributed by atoms with Crippen LogP contribution in [0, 0.1) is 27.8 Å². The van der Waals surface area contributed by atoms with Crippen molar-refractivity contribution in [3.8, 4) is 0 Å². The third-order valence-electron chi connectivity index (χ3n) is 3.59. The van der Waals surface area contributed by atoms with Crippen molar-refractivity contribution in [2.45, 2.75) is 19.3 Å². The monoisotopic (exact) mass is 296 g/mol. The maximum Gasteiger partial charge on any atom is 0.307 e. The van der Waals surface area contributed by atoms with Gasteiger partial charge in [-0.05, 0) is 18.9 Å². The fourth-order valence-corrected chi connectivity index (χ4v) is 2.51. The summed E-state index contributed by atoms with van der Waals surface area (Å²) in [5.41, 5.74) is -0.614. The van der Waals surface area contributed by atoms with E-state index < -0.39 is 40.1 Å². The largest absolute Gasteiger partial charge is 0.481 e. The molecule has 7 nitrogen and oxygen atoms in total. The molecule has 2 unspecified atom stereocenters. The zero-order valence-corrected chi connectivity index (χ0v) is 10.9. The summed E-state index contributed by atoms with van der Waals surface area (Å²) in [6, 6.07) is 2.87. The average molecular weight is 296 g/mol. The van der Waals surface area contributed by atoms with Crippen LogP contribution in [0.3, 0.4) is 0 Å². The molecule has 2 rings (SSSR count). The van der Waals surface area contributed by atoms with Gasteiger partial charge >= 0.3 is 5.97 Å². The topological polar surface area (TPSA) is 110 Å².